The van der Waals surface area contributed by atoms with Gasteiger partial charge in [-0.25, -0.2) is 9.18 Å². The second-order valence-electron chi connectivity index (χ2n) is 4.53. The Bertz CT molecular complexity index is 420. The smallest absolute Gasteiger partial charge is 0.319 e. The highest BCUT2D eigenvalue weighted by molar-refractivity contribution is 5.74. The third-order valence-corrected chi connectivity index (χ3v) is 2.96. The van der Waals surface area contributed by atoms with Crippen molar-refractivity contribution in [2.45, 2.75) is 6.10 Å². The van der Waals surface area contributed by atoms with E-state index in [-0.39, 0.29) is 18.0 Å². The van der Waals surface area contributed by atoms with E-state index >= 15 is 0 Å². The number of hydrogen-bond acceptors (Lipinski definition) is 2. The van der Waals surface area contributed by atoms with Crippen LogP contribution in [0.5, 0.6) is 0 Å². The monoisotopic (exact) mass is 252 g/mol. The summed E-state index contributed by atoms with van der Waals surface area (Å²) in [6.45, 7) is 1.60. The second-order valence-corrected chi connectivity index (χ2v) is 4.53. The highest BCUT2D eigenvalue weighted by Gasteiger charge is 2.26. The molecule has 0 radical (unpaired) electrons. The molecule has 2 rings (SSSR count). The van der Waals surface area contributed by atoms with E-state index in [9.17, 15) is 9.18 Å². The number of urea groups is 1. The summed E-state index contributed by atoms with van der Waals surface area (Å²) in [5.41, 5.74) is 0.896. The molecule has 0 aromatic heterocycles. The fourth-order valence-corrected chi connectivity index (χ4v) is 1.98. The number of ether oxygens (including phenoxy) is 1. The van der Waals surface area contributed by atoms with Gasteiger partial charge in [-0.2, -0.15) is 0 Å². The van der Waals surface area contributed by atoms with E-state index in [0.29, 0.717) is 19.7 Å². The quantitative estimate of drug-likeness (QED) is 0.764. The van der Waals surface area contributed by atoms with Crippen molar-refractivity contribution >= 4 is 6.03 Å². The summed E-state index contributed by atoms with van der Waals surface area (Å²) in [7, 11) is 3.45. The summed E-state index contributed by atoms with van der Waals surface area (Å²) >= 11 is 0. The first kappa shape index (κ1) is 12.8. The molecule has 0 spiro atoms. The van der Waals surface area contributed by atoms with Gasteiger partial charge in [0.25, 0.3) is 0 Å². The van der Waals surface area contributed by atoms with Crippen LogP contribution in [0.15, 0.2) is 24.3 Å². The van der Waals surface area contributed by atoms with Gasteiger partial charge in [0.05, 0.1) is 13.2 Å². The summed E-state index contributed by atoms with van der Waals surface area (Å²) in [5.74, 6) is -0.268. The van der Waals surface area contributed by atoms with E-state index in [4.69, 9.17) is 4.74 Å². The second kappa shape index (κ2) is 5.35. The van der Waals surface area contributed by atoms with E-state index in [1.54, 1.807) is 36.0 Å². The number of halogens is 1. The predicted octanol–water partition coefficient (Wildman–Crippen LogP) is 1.88. The lowest BCUT2D eigenvalue weighted by Crippen LogP contribution is -2.46. The maximum atomic E-state index is 12.9. The molecule has 1 fully saturated rings. The van der Waals surface area contributed by atoms with E-state index in [1.807, 2.05) is 0 Å². The van der Waals surface area contributed by atoms with Crippen molar-refractivity contribution < 1.29 is 13.9 Å². The highest BCUT2D eigenvalue weighted by atomic mass is 19.1. The fraction of sp³-hybridized carbons (Fsp3) is 0.462. The molecule has 1 aliphatic rings. The number of morpholine rings is 1. The lowest BCUT2D eigenvalue weighted by Gasteiger charge is -2.34. The van der Waals surface area contributed by atoms with E-state index in [1.165, 1.54) is 12.1 Å². The van der Waals surface area contributed by atoms with Gasteiger partial charge in [0.2, 0.25) is 0 Å². The largest absolute Gasteiger partial charge is 0.370 e. The standard InChI is InChI=1S/C13H17FN2O2/c1-15(2)13(17)16-7-8-18-12(9-16)10-3-5-11(14)6-4-10/h3-6,12H,7-9H2,1-2H3. The maximum absolute atomic E-state index is 12.9. The topological polar surface area (TPSA) is 32.8 Å². The van der Waals surface area contributed by atoms with Crippen LogP contribution < -0.4 is 0 Å². The molecule has 1 unspecified atom stereocenters. The Balaban J connectivity index is 2.07. The molecule has 1 saturated heterocycles. The summed E-state index contributed by atoms with van der Waals surface area (Å²) in [6, 6.07) is 6.19. The van der Waals surface area contributed by atoms with Crippen molar-refractivity contribution in [2.75, 3.05) is 33.8 Å². The van der Waals surface area contributed by atoms with Crippen molar-refractivity contribution in [3.63, 3.8) is 0 Å². The molecule has 0 aliphatic carbocycles. The van der Waals surface area contributed by atoms with Crippen LogP contribution in [-0.4, -0.2) is 49.6 Å². The molecule has 0 saturated carbocycles. The molecule has 5 heteroatoms. The number of nitrogens with zero attached hydrogens (tertiary/aromatic N) is 2. The van der Waals surface area contributed by atoms with Crippen LogP contribution >= 0.6 is 0 Å². The van der Waals surface area contributed by atoms with Crippen LogP contribution in [0, 0.1) is 5.82 Å². The van der Waals surface area contributed by atoms with Gasteiger partial charge in [0.1, 0.15) is 11.9 Å². The van der Waals surface area contributed by atoms with Gasteiger partial charge < -0.3 is 14.5 Å². The van der Waals surface area contributed by atoms with Crippen molar-refractivity contribution in [1.82, 2.24) is 9.80 Å². The average molecular weight is 252 g/mol. The van der Waals surface area contributed by atoms with Gasteiger partial charge in [-0.05, 0) is 17.7 Å². The van der Waals surface area contributed by atoms with Crippen molar-refractivity contribution in [3.05, 3.63) is 35.6 Å². The molecule has 0 N–H and O–H groups in total. The summed E-state index contributed by atoms with van der Waals surface area (Å²) in [5, 5.41) is 0. The zero-order valence-corrected chi connectivity index (χ0v) is 10.6. The Morgan fingerprint density at radius 1 is 1.39 bits per heavy atom. The molecule has 1 aliphatic heterocycles. The van der Waals surface area contributed by atoms with Crippen LogP contribution in [0.25, 0.3) is 0 Å². The lowest BCUT2D eigenvalue weighted by atomic mass is 10.1. The van der Waals surface area contributed by atoms with Crippen molar-refractivity contribution in [2.24, 2.45) is 0 Å². The molecule has 2 amide bonds. The van der Waals surface area contributed by atoms with Crippen molar-refractivity contribution in [1.29, 1.82) is 0 Å². The molecular formula is C13H17FN2O2. The minimum Gasteiger partial charge on any atom is -0.370 e. The predicted molar refractivity (Wildman–Crippen MR) is 65.7 cm³/mol. The normalized spacial score (nSPS) is 19.7. The minimum absolute atomic E-state index is 0.0228. The Labute approximate surface area is 106 Å². The number of amides is 2. The first-order valence-electron chi connectivity index (χ1n) is 5.91. The Morgan fingerprint density at radius 3 is 2.67 bits per heavy atom. The van der Waals surface area contributed by atoms with Gasteiger partial charge in [0, 0.05) is 20.6 Å². The molecular weight excluding hydrogens is 235 g/mol. The SMILES string of the molecule is CN(C)C(=O)N1CCOC(c2ccc(F)cc2)C1. The minimum atomic E-state index is -0.268. The zero-order valence-electron chi connectivity index (χ0n) is 10.6. The van der Waals surface area contributed by atoms with Gasteiger partial charge in [0.15, 0.2) is 0 Å². The molecule has 18 heavy (non-hydrogen) atoms. The van der Waals surface area contributed by atoms with Crippen LogP contribution in [0.1, 0.15) is 11.7 Å². The number of carbonyl (C=O) groups excluding carboxylic acids is 1. The molecule has 98 valence electrons. The Morgan fingerprint density at radius 2 is 2.06 bits per heavy atom. The van der Waals surface area contributed by atoms with Crippen LogP contribution in [-0.2, 0) is 4.74 Å². The number of rotatable bonds is 1. The van der Waals surface area contributed by atoms with E-state index < -0.39 is 0 Å². The third-order valence-electron chi connectivity index (χ3n) is 2.96. The fourth-order valence-electron chi connectivity index (χ4n) is 1.98. The number of carbonyl (C=O) groups is 1. The molecule has 1 atom stereocenters. The van der Waals surface area contributed by atoms with Gasteiger partial charge in [-0.3, -0.25) is 0 Å². The summed E-state index contributed by atoms with van der Waals surface area (Å²) < 4.78 is 18.5. The molecule has 1 aromatic rings. The first-order valence-corrected chi connectivity index (χ1v) is 5.91. The number of benzene rings is 1. The first-order chi connectivity index (χ1) is 8.58. The Kier molecular flexibility index (Phi) is 3.81. The van der Waals surface area contributed by atoms with Gasteiger partial charge in [-0.1, -0.05) is 12.1 Å². The Hall–Kier alpha value is -1.62. The van der Waals surface area contributed by atoms with Crippen molar-refractivity contribution in [3.8, 4) is 0 Å². The van der Waals surface area contributed by atoms with Gasteiger partial charge >= 0.3 is 6.03 Å². The third kappa shape index (κ3) is 2.79. The molecule has 0 bridgehead atoms. The molecule has 4 nitrogen and oxygen atoms in total. The van der Waals surface area contributed by atoms with Crippen LogP contribution in [0.2, 0.25) is 0 Å². The van der Waals surface area contributed by atoms with E-state index in [2.05, 4.69) is 0 Å². The molecule has 1 aromatic carbocycles. The van der Waals surface area contributed by atoms with Gasteiger partial charge in [-0.15, -0.1) is 0 Å². The maximum Gasteiger partial charge on any atom is 0.319 e. The lowest BCUT2D eigenvalue weighted by molar-refractivity contribution is -0.0188. The van der Waals surface area contributed by atoms with Crippen LogP contribution in [0.4, 0.5) is 9.18 Å². The number of hydrogen-bond donors (Lipinski definition) is 0. The van der Waals surface area contributed by atoms with Crippen LogP contribution in [0.3, 0.4) is 0 Å². The molecule has 1 heterocycles. The average Bonchev–Trinajstić information content (AvgIpc) is 2.38. The highest BCUT2D eigenvalue weighted by Crippen LogP contribution is 2.22. The van der Waals surface area contributed by atoms with E-state index in [0.717, 1.165) is 5.56 Å². The zero-order chi connectivity index (χ0) is 13.1. The summed E-state index contributed by atoms with van der Waals surface area (Å²) in [4.78, 5) is 15.2. The summed E-state index contributed by atoms with van der Waals surface area (Å²) in [6.07, 6.45) is -0.178.